The zero-order chi connectivity index (χ0) is 22.9. The van der Waals surface area contributed by atoms with Gasteiger partial charge in [-0.25, -0.2) is 0 Å². The van der Waals surface area contributed by atoms with E-state index in [1.165, 1.54) is 32.5 Å². The van der Waals surface area contributed by atoms with E-state index in [0.717, 1.165) is 59.6 Å². The Labute approximate surface area is 200 Å². The van der Waals surface area contributed by atoms with Gasteiger partial charge in [-0.3, -0.25) is 9.78 Å². The molecule has 0 amide bonds. The van der Waals surface area contributed by atoms with Crippen LogP contribution in [-0.2, 0) is 0 Å². The van der Waals surface area contributed by atoms with Crippen molar-refractivity contribution >= 4 is 34.0 Å². The Morgan fingerprint density at radius 2 is 1.76 bits per heavy atom. The summed E-state index contributed by atoms with van der Waals surface area (Å²) >= 11 is 6.16. The lowest BCUT2D eigenvalue weighted by Gasteiger charge is -2.36. The fourth-order valence-corrected chi connectivity index (χ4v) is 5.49. The number of halogens is 1. The molecule has 0 saturated carbocycles. The van der Waals surface area contributed by atoms with Crippen molar-refractivity contribution in [1.29, 1.82) is 0 Å². The average molecular weight is 464 g/mol. The van der Waals surface area contributed by atoms with Crippen LogP contribution in [0.5, 0.6) is 5.75 Å². The minimum Gasteiger partial charge on any atom is -0.506 e. The first-order chi connectivity index (χ1) is 16.0. The topological polar surface area (TPSA) is 56.7 Å². The highest BCUT2D eigenvalue weighted by molar-refractivity contribution is 6.32. The number of rotatable bonds is 5. The van der Waals surface area contributed by atoms with Gasteiger partial charge in [-0.2, -0.15) is 0 Å². The van der Waals surface area contributed by atoms with Gasteiger partial charge in [0, 0.05) is 31.2 Å². The van der Waals surface area contributed by atoms with Crippen molar-refractivity contribution in [2.24, 2.45) is 5.92 Å². The van der Waals surface area contributed by atoms with Crippen LogP contribution < -0.4 is 4.90 Å². The van der Waals surface area contributed by atoms with Gasteiger partial charge in [0.1, 0.15) is 5.75 Å². The Morgan fingerprint density at radius 3 is 2.45 bits per heavy atom. The number of ketones is 1. The summed E-state index contributed by atoms with van der Waals surface area (Å²) in [6.45, 7) is 7.22. The van der Waals surface area contributed by atoms with Gasteiger partial charge < -0.3 is 14.9 Å². The molecule has 2 aromatic carbocycles. The Hall–Kier alpha value is -2.63. The summed E-state index contributed by atoms with van der Waals surface area (Å²) in [5.74, 6) is 0.832. The molecular weight excluding hydrogens is 434 g/mol. The van der Waals surface area contributed by atoms with E-state index in [-0.39, 0.29) is 11.5 Å². The van der Waals surface area contributed by atoms with Crippen molar-refractivity contribution in [2.45, 2.75) is 32.6 Å². The number of piperidine rings is 1. The second-order valence-electron chi connectivity index (χ2n) is 9.41. The standard InChI is InChI=1S/C27H30ClN3O2/c1-18(32)23-16-29-25-6-4-20(21-5-7-26(33)24(28)15-21)14-22(25)27(23)31-12-8-19(9-13-31)17-30-10-2-3-11-30/h4-7,14-16,19,33H,2-3,8-13,17H2,1H3. The van der Waals surface area contributed by atoms with Gasteiger partial charge in [-0.05, 0) is 87.0 Å². The highest BCUT2D eigenvalue weighted by Crippen LogP contribution is 2.37. The molecule has 0 aliphatic carbocycles. The molecule has 0 radical (unpaired) electrons. The molecule has 1 aromatic heterocycles. The Morgan fingerprint density at radius 1 is 1.06 bits per heavy atom. The number of nitrogens with zero attached hydrogens (tertiary/aromatic N) is 3. The van der Waals surface area contributed by atoms with E-state index in [9.17, 15) is 9.90 Å². The number of benzene rings is 2. The van der Waals surface area contributed by atoms with Crippen molar-refractivity contribution in [3.63, 3.8) is 0 Å². The third kappa shape index (κ3) is 4.57. The lowest BCUT2D eigenvalue weighted by molar-refractivity contribution is 0.101. The van der Waals surface area contributed by atoms with Crippen LogP contribution in [0.25, 0.3) is 22.0 Å². The zero-order valence-corrected chi connectivity index (χ0v) is 19.8. The first-order valence-corrected chi connectivity index (χ1v) is 12.3. The number of carbonyl (C=O) groups excluding carboxylic acids is 1. The molecule has 3 aromatic rings. The number of Topliss-reactive ketones (excluding diaryl/α,β-unsaturated/α-hetero) is 1. The molecule has 0 unspecified atom stereocenters. The number of pyridine rings is 1. The number of likely N-dealkylation sites (tertiary alicyclic amines) is 1. The first-order valence-electron chi connectivity index (χ1n) is 11.9. The fraction of sp³-hybridized carbons (Fsp3) is 0.407. The summed E-state index contributed by atoms with van der Waals surface area (Å²) in [5.41, 5.74) is 4.46. The number of hydrogen-bond donors (Lipinski definition) is 1. The van der Waals surface area contributed by atoms with Gasteiger partial charge in [0.15, 0.2) is 5.78 Å². The molecule has 2 aliphatic heterocycles. The second kappa shape index (κ2) is 9.32. The molecule has 172 valence electrons. The van der Waals surface area contributed by atoms with Crippen molar-refractivity contribution in [3.8, 4) is 16.9 Å². The summed E-state index contributed by atoms with van der Waals surface area (Å²) in [6.07, 6.45) is 6.68. The number of phenolic OH excluding ortho intramolecular Hbond substituents is 1. The van der Waals surface area contributed by atoms with Gasteiger partial charge in [0.05, 0.1) is 21.8 Å². The molecular formula is C27H30ClN3O2. The van der Waals surface area contributed by atoms with Crippen LogP contribution in [0.2, 0.25) is 5.02 Å². The molecule has 0 atom stereocenters. The lowest BCUT2D eigenvalue weighted by Crippen LogP contribution is -2.38. The molecule has 2 fully saturated rings. The smallest absolute Gasteiger partial charge is 0.163 e. The number of aromatic nitrogens is 1. The molecule has 0 spiro atoms. The minimum absolute atomic E-state index is 0.0386. The van der Waals surface area contributed by atoms with E-state index in [0.29, 0.717) is 10.6 Å². The Balaban J connectivity index is 1.48. The number of aromatic hydroxyl groups is 1. The van der Waals surface area contributed by atoms with Gasteiger partial charge in [-0.15, -0.1) is 0 Å². The SMILES string of the molecule is CC(=O)c1cnc2ccc(-c3ccc(O)c(Cl)c3)cc2c1N1CCC(CN2CCCC2)CC1. The number of hydrogen-bond acceptors (Lipinski definition) is 5. The van der Waals surface area contributed by atoms with Crippen LogP contribution in [0.15, 0.2) is 42.6 Å². The summed E-state index contributed by atoms with van der Waals surface area (Å²) in [4.78, 5) is 22.1. The third-order valence-electron chi connectivity index (χ3n) is 7.15. The molecule has 2 saturated heterocycles. The average Bonchev–Trinajstić information content (AvgIpc) is 3.33. The molecule has 5 nitrogen and oxygen atoms in total. The molecule has 6 heteroatoms. The number of carbonyl (C=O) groups is 1. The van der Waals surface area contributed by atoms with Crippen molar-refractivity contribution in [2.75, 3.05) is 37.6 Å². The van der Waals surface area contributed by atoms with Crippen LogP contribution in [-0.4, -0.2) is 53.5 Å². The quantitative estimate of drug-likeness (QED) is 0.486. The van der Waals surface area contributed by atoms with E-state index in [1.54, 1.807) is 25.3 Å². The molecule has 2 aliphatic rings. The number of phenols is 1. The van der Waals surface area contributed by atoms with Gasteiger partial charge in [-0.1, -0.05) is 23.7 Å². The monoisotopic (exact) mass is 463 g/mol. The summed E-state index contributed by atoms with van der Waals surface area (Å²) in [6, 6.07) is 11.3. The van der Waals surface area contributed by atoms with E-state index in [4.69, 9.17) is 11.6 Å². The van der Waals surface area contributed by atoms with Crippen LogP contribution >= 0.6 is 11.6 Å². The van der Waals surface area contributed by atoms with Crippen LogP contribution in [0, 0.1) is 5.92 Å². The molecule has 0 bridgehead atoms. The lowest BCUT2D eigenvalue weighted by atomic mass is 9.94. The van der Waals surface area contributed by atoms with Gasteiger partial charge >= 0.3 is 0 Å². The molecule has 3 heterocycles. The Kier molecular flexibility index (Phi) is 6.26. The maximum absolute atomic E-state index is 12.6. The predicted octanol–water partition coefficient (Wildman–Crippen LogP) is 5.78. The molecule has 1 N–H and O–H groups in total. The minimum atomic E-state index is 0.0386. The normalized spacial score (nSPS) is 17.7. The van der Waals surface area contributed by atoms with Crippen LogP contribution in [0.4, 0.5) is 5.69 Å². The highest BCUT2D eigenvalue weighted by Gasteiger charge is 2.26. The predicted molar refractivity (Wildman–Crippen MR) is 134 cm³/mol. The maximum Gasteiger partial charge on any atom is 0.163 e. The van der Waals surface area contributed by atoms with Crippen molar-refractivity contribution in [1.82, 2.24) is 9.88 Å². The van der Waals surface area contributed by atoms with Crippen molar-refractivity contribution in [3.05, 3.63) is 53.2 Å². The first kappa shape index (κ1) is 22.2. The Bertz CT molecular complexity index is 1180. The number of anilines is 1. The number of fused-ring (bicyclic) bond motifs is 1. The van der Waals surface area contributed by atoms with Gasteiger partial charge in [0.25, 0.3) is 0 Å². The van der Waals surface area contributed by atoms with Gasteiger partial charge in [0.2, 0.25) is 0 Å². The third-order valence-corrected chi connectivity index (χ3v) is 7.45. The van der Waals surface area contributed by atoms with E-state index in [2.05, 4.69) is 20.9 Å². The largest absolute Gasteiger partial charge is 0.506 e. The fourth-order valence-electron chi connectivity index (χ4n) is 5.31. The van der Waals surface area contributed by atoms with Crippen LogP contribution in [0.1, 0.15) is 43.0 Å². The van der Waals surface area contributed by atoms with E-state index >= 15 is 0 Å². The molecule has 5 rings (SSSR count). The van der Waals surface area contributed by atoms with Crippen LogP contribution in [0.3, 0.4) is 0 Å². The maximum atomic E-state index is 12.6. The van der Waals surface area contributed by atoms with E-state index < -0.39 is 0 Å². The highest BCUT2D eigenvalue weighted by atomic mass is 35.5. The zero-order valence-electron chi connectivity index (χ0n) is 19.1. The summed E-state index contributed by atoms with van der Waals surface area (Å²) < 4.78 is 0. The second-order valence-corrected chi connectivity index (χ2v) is 9.82. The van der Waals surface area contributed by atoms with E-state index in [1.807, 2.05) is 18.2 Å². The summed E-state index contributed by atoms with van der Waals surface area (Å²) in [7, 11) is 0. The van der Waals surface area contributed by atoms with Crippen molar-refractivity contribution < 1.29 is 9.90 Å². The molecule has 33 heavy (non-hydrogen) atoms. The summed E-state index contributed by atoms with van der Waals surface area (Å²) in [5, 5.41) is 11.1.